The third kappa shape index (κ3) is 4.57. The number of ether oxygens (including phenoxy) is 2. The Morgan fingerprint density at radius 1 is 1.21 bits per heavy atom. The third-order valence-electron chi connectivity index (χ3n) is 6.54. The van der Waals surface area contributed by atoms with E-state index < -0.39 is 0 Å². The van der Waals surface area contributed by atoms with Gasteiger partial charge >= 0.3 is 0 Å². The van der Waals surface area contributed by atoms with Crippen molar-refractivity contribution in [2.45, 2.75) is 62.5 Å². The van der Waals surface area contributed by atoms with Crippen LogP contribution >= 0.6 is 11.6 Å². The molecule has 0 aromatic carbocycles. The van der Waals surface area contributed by atoms with Crippen molar-refractivity contribution in [2.75, 3.05) is 20.3 Å². The quantitative estimate of drug-likeness (QED) is 0.665. The molecule has 2 aromatic rings. The van der Waals surface area contributed by atoms with Crippen molar-refractivity contribution in [3.63, 3.8) is 0 Å². The molecule has 4 rings (SSSR count). The predicted molar refractivity (Wildman–Crippen MR) is 114 cm³/mol. The third-order valence-corrected chi connectivity index (χ3v) is 6.81. The lowest BCUT2D eigenvalue weighted by molar-refractivity contribution is -0.104. The highest BCUT2D eigenvalue weighted by Crippen LogP contribution is 2.49. The van der Waals surface area contributed by atoms with Crippen LogP contribution in [0.3, 0.4) is 0 Å². The topological polar surface area (TPSA) is 56.3 Å². The Hall–Kier alpha value is -1.69. The van der Waals surface area contributed by atoms with Gasteiger partial charge in [-0.25, -0.2) is 4.98 Å². The van der Waals surface area contributed by atoms with Crippen LogP contribution in [0, 0.1) is 0 Å². The zero-order valence-electron chi connectivity index (χ0n) is 17.1. The highest BCUT2D eigenvalue weighted by molar-refractivity contribution is 6.31. The van der Waals surface area contributed by atoms with E-state index in [0.717, 1.165) is 44.5 Å². The van der Waals surface area contributed by atoms with Crippen LogP contribution in [0.15, 0.2) is 36.7 Å². The molecular formula is C23H30ClN3O2. The highest BCUT2D eigenvalue weighted by Gasteiger charge is 2.48. The van der Waals surface area contributed by atoms with Crippen LogP contribution in [0.5, 0.6) is 5.88 Å². The molecule has 0 radical (unpaired) electrons. The van der Waals surface area contributed by atoms with Gasteiger partial charge in [0.15, 0.2) is 0 Å². The lowest BCUT2D eigenvalue weighted by atomic mass is 9.68. The smallest absolute Gasteiger partial charge is 0.232 e. The van der Waals surface area contributed by atoms with Gasteiger partial charge in [0.05, 0.1) is 12.7 Å². The molecule has 5 nitrogen and oxygen atoms in total. The van der Waals surface area contributed by atoms with E-state index in [1.54, 1.807) is 7.11 Å². The van der Waals surface area contributed by atoms with Crippen LogP contribution in [0.4, 0.5) is 0 Å². The van der Waals surface area contributed by atoms with Crippen LogP contribution < -0.4 is 10.1 Å². The lowest BCUT2D eigenvalue weighted by Crippen LogP contribution is -2.47. The summed E-state index contributed by atoms with van der Waals surface area (Å²) in [6.45, 7) is 2.47. The maximum atomic E-state index is 6.33. The summed E-state index contributed by atoms with van der Waals surface area (Å²) in [5, 5.41) is 4.12. The first-order valence-electron chi connectivity index (χ1n) is 10.6. The fourth-order valence-electron chi connectivity index (χ4n) is 5.07. The number of methoxy groups -OCH3 is 1. The van der Waals surface area contributed by atoms with E-state index in [-0.39, 0.29) is 11.0 Å². The van der Waals surface area contributed by atoms with Crippen LogP contribution in [0.25, 0.3) is 0 Å². The van der Waals surface area contributed by atoms with Gasteiger partial charge in [0.25, 0.3) is 0 Å². The number of rotatable bonds is 7. The minimum absolute atomic E-state index is 0.0587. The molecule has 2 fully saturated rings. The van der Waals surface area contributed by atoms with Crippen molar-refractivity contribution in [3.05, 3.63) is 52.9 Å². The Balaban J connectivity index is 1.43. The summed E-state index contributed by atoms with van der Waals surface area (Å²) in [6.07, 6.45) is 11.8. The van der Waals surface area contributed by atoms with Gasteiger partial charge in [-0.15, -0.1) is 0 Å². The summed E-state index contributed by atoms with van der Waals surface area (Å²) in [4.78, 5) is 9.03. The minimum Gasteiger partial charge on any atom is -0.480 e. The van der Waals surface area contributed by atoms with E-state index in [1.165, 1.54) is 31.4 Å². The molecule has 2 aromatic heterocycles. The molecule has 1 aliphatic heterocycles. The molecule has 1 saturated heterocycles. The van der Waals surface area contributed by atoms with Crippen LogP contribution in [0.1, 0.15) is 56.2 Å². The molecule has 29 heavy (non-hydrogen) atoms. The van der Waals surface area contributed by atoms with Gasteiger partial charge < -0.3 is 14.8 Å². The highest BCUT2D eigenvalue weighted by atomic mass is 35.5. The molecule has 1 N–H and O–H groups in total. The Bertz CT molecular complexity index is 811. The molecule has 0 bridgehead atoms. The van der Waals surface area contributed by atoms with Crippen molar-refractivity contribution in [3.8, 4) is 5.88 Å². The molecule has 0 amide bonds. The van der Waals surface area contributed by atoms with Crippen molar-refractivity contribution in [2.24, 2.45) is 0 Å². The summed E-state index contributed by atoms with van der Waals surface area (Å²) in [7, 11) is 1.58. The molecule has 1 spiro atoms. The number of pyridine rings is 2. The average Bonchev–Trinajstić information content (AvgIpc) is 3.19. The second kappa shape index (κ2) is 8.99. The fourth-order valence-corrected chi connectivity index (χ4v) is 5.33. The van der Waals surface area contributed by atoms with Crippen LogP contribution in [-0.2, 0) is 16.7 Å². The van der Waals surface area contributed by atoms with Gasteiger partial charge in [-0.05, 0) is 62.4 Å². The van der Waals surface area contributed by atoms with E-state index in [4.69, 9.17) is 26.1 Å². The summed E-state index contributed by atoms with van der Waals surface area (Å²) in [5.41, 5.74) is 2.41. The van der Waals surface area contributed by atoms with Crippen molar-refractivity contribution in [1.82, 2.24) is 15.3 Å². The maximum Gasteiger partial charge on any atom is 0.232 e. The van der Waals surface area contributed by atoms with E-state index >= 15 is 0 Å². The molecule has 1 atom stereocenters. The number of nitrogens with zero attached hydrogens (tertiary/aromatic N) is 2. The van der Waals surface area contributed by atoms with E-state index in [1.807, 2.05) is 24.5 Å². The fraction of sp³-hybridized carbons (Fsp3) is 0.565. The van der Waals surface area contributed by atoms with Gasteiger partial charge in [-0.2, -0.15) is 0 Å². The minimum atomic E-state index is 0.0587. The number of hydrogen-bond donors (Lipinski definition) is 1. The molecule has 1 aliphatic carbocycles. The van der Waals surface area contributed by atoms with E-state index in [9.17, 15) is 0 Å². The first kappa shape index (κ1) is 20.6. The largest absolute Gasteiger partial charge is 0.480 e. The van der Waals surface area contributed by atoms with Gasteiger partial charge in [0, 0.05) is 36.7 Å². The number of nitrogens with one attached hydrogen (secondary N) is 1. The molecule has 156 valence electrons. The van der Waals surface area contributed by atoms with E-state index in [2.05, 4.69) is 22.4 Å². The number of hydrogen-bond acceptors (Lipinski definition) is 5. The molecule has 3 heterocycles. The normalized spacial score (nSPS) is 23.4. The summed E-state index contributed by atoms with van der Waals surface area (Å²) >= 11 is 6.20. The van der Waals surface area contributed by atoms with Gasteiger partial charge in [-0.1, -0.05) is 30.5 Å². The Morgan fingerprint density at radius 2 is 2.07 bits per heavy atom. The second-order valence-electron chi connectivity index (χ2n) is 8.42. The molecular weight excluding hydrogens is 386 g/mol. The van der Waals surface area contributed by atoms with Crippen molar-refractivity contribution in [1.29, 1.82) is 0 Å². The van der Waals surface area contributed by atoms with E-state index in [0.29, 0.717) is 10.9 Å². The Kier molecular flexibility index (Phi) is 6.38. The standard InChI is InChI=1S/C23H30ClN3O2/c1-28-21-19(24)14-18(16-27-21)15-25-12-9-22(20-6-2-5-11-26-20)10-13-29-23(17-22)7-3-4-8-23/h2,5-6,11,14,16,25H,3-4,7-10,12-13,15,17H2,1H3. The van der Waals surface area contributed by atoms with Crippen LogP contribution in [0.2, 0.25) is 5.02 Å². The number of halogens is 1. The Labute approximate surface area is 178 Å². The number of aromatic nitrogens is 2. The summed E-state index contributed by atoms with van der Waals surface area (Å²) in [6, 6.07) is 8.22. The molecule has 6 heteroatoms. The zero-order valence-corrected chi connectivity index (χ0v) is 17.9. The van der Waals surface area contributed by atoms with Gasteiger partial charge in [-0.3, -0.25) is 4.98 Å². The monoisotopic (exact) mass is 415 g/mol. The van der Waals surface area contributed by atoms with Crippen molar-refractivity contribution < 1.29 is 9.47 Å². The molecule has 1 unspecified atom stereocenters. The SMILES string of the molecule is COc1ncc(CNCCC2(c3ccccn3)CCOC3(CCCC3)C2)cc1Cl. The predicted octanol–water partition coefficient (Wildman–Crippen LogP) is 4.68. The Morgan fingerprint density at radius 3 is 2.79 bits per heavy atom. The van der Waals surface area contributed by atoms with Gasteiger partial charge in [0.1, 0.15) is 5.02 Å². The molecule has 2 aliphatic rings. The zero-order chi connectivity index (χ0) is 20.2. The maximum absolute atomic E-state index is 6.33. The van der Waals surface area contributed by atoms with Crippen LogP contribution in [-0.4, -0.2) is 35.8 Å². The first-order valence-corrected chi connectivity index (χ1v) is 11.0. The second-order valence-corrected chi connectivity index (χ2v) is 8.83. The molecule has 1 saturated carbocycles. The van der Waals surface area contributed by atoms with Gasteiger partial charge in [0.2, 0.25) is 5.88 Å². The average molecular weight is 416 g/mol. The van der Waals surface area contributed by atoms with Crippen molar-refractivity contribution >= 4 is 11.6 Å². The first-order chi connectivity index (χ1) is 14.1. The lowest BCUT2D eigenvalue weighted by Gasteiger charge is -2.46. The summed E-state index contributed by atoms with van der Waals surface area (Å²) < 4.78 is 11.5. The summed E-state index contributed by atoms with van der Waals surface area (Å²) in [5.74, 6) is 0.466.